The van der Waals surface area contributed by atoms with Crippen molar-refractivity contribution in [2.75, 3.05) is 6.61 Å². The number of aromatic nitrogens is 2. The molecular formula is C31H48N2O. The zero-order valence-electron chi connectivity index (χ0n) is 21.9. The molecule has 0 unspecified atom stereocenters. The smallest absolute Gasteiger partial charge is 0.119 e. The molecule has 1 fully saturated rings. The minimum atomic E-state index is 0.822. The molecule has 3 rings (SSSR count). The number of rotatable bonds is 16. The van der Waals surface area contributed by atoms with Gasteiger partial charge in [-0.15, -0.1) is 0 Å². The fourth-order valence-corrected chi connectivity index (χ4v) is 5.32. The fraction of sp³-hybridized carbons (Fsp3) is 0.677. The van der Waals surface area contributed by atoms with Crippen LogP contribution in [0.15, 0.2) is 36.7 Å². The zero-order chi connectivity index (χ0) is 23.8. The molecule has 1 aromatic carbocycles. The molecule has 188 valence electrons. The van der Waals surface area contributed by atoms with Crippen molar-refractivity contribution < 1.29 is 4.74 Å². The standard InChI is InChI=1S/C31H48N2O/c1-3-5-7-8-10-12-26-15-17-27(18-16-26)13-11-23-34-30-21-19-28(20-22-30)31-25-32-29(24-33-31)14-9-6-4-2/h19-22,24-27H,3-18,23H2,1-2H3/t26-,27-. The molecular weight excluding hydrogens is 416 g/mol. The Balaban J connectivity index is 1.28. The van der Waals surface area contributed by atoms with Crippen LogP contribution in [0.4, 0.5) is 0 Å². The minimum absolute atomic E-state index is 0.822. The molecule has 0 spiro atoms. The van der Waals surface area contributed by atoms with E-state index in [1.807, 2.05) is 12.4 Å². The van der Waals surface area contributed by atoms with Gasteiger partial charge in [-0.1, -0.05) is 90.9 Å². The molecule has 0 N–H and O–H groups in total. The van der Waals surface area contributed by atoms with Gasteiger partial charge in [-0.05, 0) is 61.8 Å². The second kappa shape index (κ2) is 15.9. The highest BCUT2D eigenvalue weighted by Crippen LogP contribution is 2.34. The summed E-state index contributed by atoms with van der Waals surface area (Å²) in [5.41, 5.74) is 3.12. The van der Waals surface area contributed by atoms with Gasteiger partial charge in [0, 0.05) is 11.8 Å². The van der Waals surface area contributed by atoms with Crippen molar-refractivity contribution in [1.29, 1.82) is 0 Å². The first-order valence-corrected chi connectivity index (χ1v) is 14.3. The summed E-state index contributed by atoms with van der Waals surface area (Å²) in [5, 5.41) is 0. The molecule has 0 aliphatic heterocycles. The summed E-state index contributed by atoms with van der Waals surface area (Å²) >= 11 is 0. The summed E-state index contributed by atoms with van der Waals surface area (Å²) in [7, 11) is 0. The van der Waals surface area contributed by atoms with Crippen LogP contribution in [-0.2, 0) is 6.42 Å². The van der Waals surface area contributed by atoms with Gasteiger partial charge in [0.15, 0.2) is 0 Å². The summed E-state index contributed by atoms with van der Waals surface area (Å²) in [6.07, 6.45) is 25.4. The number of benzene rings is 1. The number of unbranched alkanes of at least 4 members (excludes halogenated alkanes) is 6. The number of ether oxygens (including phenoxy) is 1. The molecule has 1 heterocycles. The number of nitrogens with zero attached hydrogens (tertiary/aromatic N) is 2. The average molecular weight is 465 g/mol. The maximum absolute atomic E-state index is 6.03. The summed E-state index contributed by atoms with van der Waals surface area (Å²) in [6, 6.07) is 8.33. The lowest BCUT2D eigenvalue weighted by Crippen LogP contribution is -2.15. The van der Waals surface area contributed by atoms with Gasteiger partial charge >= 0.3 is 0 Å². The predicted molar refractivity (Wildman–Crippen MR) is 144 cm³/mol. The Kier molecular flexibility index (Phi) is 12.5. The molecule has 0 amide bonds. The van der Waals surface area contributed by atoms with Gasteiger partial charge in [-0.25, -0.2) is 0 Å². The van der Waals surface area contributed by atoms with Crippen LogP contribution in [-0.4, -0.2) is 16.6 Å². The van der Waals surface area contributed by atoms with E-state index in [1.165, 1.54) is 96.3 Å². The predicted octanol–water partition coefficient (Wildman–Crippen LogP) is 9.20. The van der Waals surface area contributed by atoms with E-state index in [4.69, 9.17) is 4.74 Å². The van der Waals surface area contributed by atoms with Gasteiger partial charge in [-0.3, -0.25) is 9.97 Å². The van der Waals surface area contributed by atoms with E-state index in [2.05, 4.69) is 48.1 Å². The summed E-state index contributed by atoms with van der Waals surface area (Å²) in [5.74, 6) is 2.89. The van der Waals surface area contributed by atoms with Crippen LogP contribution < -0.4 is 4.74 Å². The molecule has 34 heavy (non-hydrogen) atoms. The Morgan fingerprint density at radius 2 is 1.35 bits per heavy atom. The molecule has 0 saturated heterocycles. The second-order valence-corrected chi connectivity index (χ2v) is 10.5. The molecule has 2 aromatic rings. The second-order valence-electron chi connectivity index (χ2n) is 10.5. The normalized spacial score (nSPS) is 18.2. The first-order chi connectivity index (χ1) is 16.8. The maximum atomic E-state index is 6.03. The van der Waals surface area contributed by atoms with Gasteiger partial charge < -0.3 is 4.74 Å². The summed E-state index contributed by atoms with van der Waals surface area (Å²) in [6.45, 7) is 5.35. The van der Waals surface area contributed by atoms with E-state index >= 15 is 0 Å². The van der Waals surface area contributed by atoms with Crippen molar-refractivity contribution in [1.82, 2.24) is 9.97 Å². The quantitative estimate of drug-likeness (QED) is 0.232. The number of aryl methyl sites for hydroxylation is 1. The lowest BCUT2D eigenvalue weighted by atomic mass is 9.78. The third kappa shape index (κ3) is 9.76. The van der Waals surface area contributed by atoms with Gasteiger partial charge in [-0.2, -0.15) is 0 Å². The number of hydrogen-bond donors (Lipinski definition) is 0. The largest absolute Gasteiger partial charge is 0.494 e. The zero-order valence-corrected chi connectivity index (χ0v) is 21.9. The van der Waals surface area contributed by atoms with Gasteiger partial charge in [0.25, 0.3) is 0 Å². The Morgan fingerprint density at radius 1 is 0.706 bits per heavy atom. The van der Waals surface area contributed by atoms with Crippen LogP contribution >= 0.6 is 0 Å². The monoisotopic (exact) mass is 464 g/mol. The number of hydrogen-bond acceptors (Lipinski definition) is 3. The van der Waals surface area contributed by atoms with Crippen LogP contribution in [0.5, 0.6) is 5.75 Å². The Labute approximate surface area is 209 Å². The molecule has 1 saturated carbocycles. The van der Waals surface area contributed by atoms with Crippen molar-refractivity contribution in [3.05, 3.63) is 42.4 Å². The Hall–Kier alpha value is -1.90. The van der Waals surface area contributed by atoms with Gasteiger partial charge in [0.1, 0.15) is 5.75 Å². The molecule has 0 bridgehead atoms. The minimum Gasteiger partial charge on any atom is -0.494 e. The van der Waals surface area contributed by atoms with E-state index in [9.17, 15) is 0 Å². The van der Waals surface area contributed by atoms with Crippen molar-refractivity contribution in [3.63, 3.8) is 0 Å². The van der Waals surface area contributed by atoms with Gasteiger partial charge in [0.05, 0.1) is 24.2 Å². The molecule has 1 aliphatic rings. The Morgan fingerprint density at radius 3 is 2.00 bits per heavy atom. The lowest BCUT2D eigenvalue weighted by molar-refractivity contribution is 0.228. The fourth-order valence-electron chi connectivity index (χ4n) is 5.32. The van der Waals surface area contributed by atoms with E-state index in [1.54, 1.807) is 0 Å². The first-order valence-electron chi connectivity index (χ1n) is 14.3. The highest BCUT2D eigenvalue weighted by molar-refractivity contribution is 5.58. The van der Waals surface area contributed by atoms with E-state index in [0.29, 0.717) is 0 Å². The van der Waals surface area contributed by atoms with Crippen LogP contribution in [0.3, 0.4) is 0 Å². The molecule has 0 atom stereocenters. The molecule has 3 heteroatoms. The van der Waals surface area contributed by atoms with Crippen molar-refractivity contribution in [2.45, 2.75) is 117 Å². The highest BCUT2D eigenvalue weighted by atomic mass is 16.5. The Bertz CT molecular complexity index is 763. The van der Waals surface area contributed by atoms with Crippen LogP contribution in [0, 0.1) is 11.8 Å². The summed E-state index contributed by atoms with van der Waals surface area (Å²) < 4.78 is 6.03. The van der Waals surface area contributed by atoms with E-state index in [0.717, 1.165) is 47.6 Å². The maximum Gasteiger partial charge on any atom is 0.119 e. The molecule has 1 aromatic heterocycles. The third-order valence-corrected chi connectivity index (χ3v) is 7.60. The van der Waals surface area contributed by atoms with Crippen molar-refractivity contribution in [2.24, 2.45) is 11.8 Å². The van der Waals surface area contributed by atoms with E-state index < -0.39 is 0 Å². The van der Waals surface area contributed by atoms with Crippen molar-refractivity contribution >= 4 is 0 Å². The highest BCUT2D eigenvalue weighted by Gasteiger charge is 2.20. The van der Waals surface area contributed by atoms with Crippen LogP contribution in [0.1, 0.15) is 116 Å². The molecule has 1 aliphatic carbocycles. The third-order valence-electron chi connectivity index (χ3n) is 7.60. The van der Waals surface area contributed by atoms with Crippen molar-refractivity contribution in [3.8, 4) is 17.0 Å². The topological polar surface area (TPSA) is 35.0 Å². The van der Waals surface area contributed by atoms with Crippen LogP contribution in [0.2, 0.25) is 0 Å². The lowest BCUT2D eigenvalue weighted by Gasteiger charge is -2.28. The van der Waals surface area contributed by atoms with Crippen LogP contribution in [0.25, 0.3) is 11.3 Å². The first kappa shape index (κ1) is 26.7. The average Bonchev–Trinajstić information content (AvgIpc) is 2.88. The van der Waals surface area contributed by atoms with Gasteiger partial charge in [0.2, 0.25) is 0 Å². The molecule has 3 nitrogen and oxygen atoms in total. The summed E-state index contributed by atoms with van der Waals surface area (Å²) in [4.78, 5) is 9.20. The molecule has 0 radical (unpaired) electrons. The van der Waals surface area contributed by atoms with E-state index in [-0.39, 0.29) is 0 Å². The SMILES string of the molecule is CCCCCCC[C@H]1CC[C@H](CCCOc2ccc(-c3cnc(CCCCC)cn3)cc2)CC1.